The Kier molecular flexibility index (Phi) is 3.89. The molecule has 2 aliphatic carbocycles. The van der Waals surface area contributed by atoms with Gasteiger partial charge in [-0.3, -0.25) is 0 Å². The van der Waals surface area contributed by atoms with Crippen LogP contribution >= 0.6 is 0 Å². The van der Waals surface area contributed by atoms with E-state index in [-0.39, 0.29) is 16.9 Å². The highest BCUT2D eigenvalue weighted by Gasteiger charge is 2.43. The van der Waals surface area contributed by atoms with Crippen LogP contribution in [0.5, 0.6) is 0 Å². The van der Waals surface area contributed by atoms with Gasteiger partial charge in [0.05, 0.1) is 18.4 Å². The second-order valence-electron chi connectivity index (χ2n) is 7.38. The average molecular weight is 294 g/mol. The van der Waals surface area contributed by atoms with E-state index in [2.05, 4.69) is 46.0 Å². The SMILES string of the molecule is COC(=O)C1=C(O[Si](C)(C)C(C)(C)C)CC2C=C[C@@H]1C2. The molecule has 4 heteroatoms. The zero-order valence-electron chi connectivity index (χ0n) is 13.4. The van der Waals surface area contributed by atoms with Crippen molar-refractivity contribution in [1.29, 1.82) is 0 Å². The topological polar surface area (TPSA) is 35.5 Å². The largest absolute Gasteiger partial charge is 0.546 e. The van der Waals surface area contributed by atoms with E-state index in [1.807, 2.05) is 0 Å². The van der Waals surface area contributed by atoms with Crippen molar-refractivity contribution in [2.45, 2.75) is 51.7 Å². The number of ether oxygens (including phenoxy) is 1. The molecular weight excluding hydrogens is 268 g/mol. The number of hydrogen-bond acceptors (Lipinski definition) is 3. The number of hydrogen-bond donors (Lipinski definition) is 0. The Morgan fingerprint density at radius 3 is 2.50 bits per heavy atom. The lowest BCUT2D eigenvalue weighted by Crippen LogP contribution is -2.41. The summed E-state index contributed by atoms with van der Waals surface area (Å²) in [5.74, 6) is 1.36. The number of rotatable bonds is 3. The summed E-state index contributed by atoms with van der Waals surface area (Å²) in [4.78, 5) is 12.1. The van der Waals surface area contributed by atoms with E-state index in [9.17, 15) is 4.79 Å². The van der Waals surface area contributed by atoms with Crippen molar-refractivity contribution in [3.8, 4) is 0 Å². The molecule has 0 aromatic carbocycles. The van der Waals surface area contributed by atoms with Crippen molar-refractivity contribution >= 4 is 14.3 Å². The monoisotopic (exact) mass is 294 g/mol. The molecule has 0 radical (unpaired) electrons. The first-order valence-corrected chi connectivity index (χ1v) is 10.2. The van der Waals surface area contributed by atoms with Gasteiger partial charge in [-0.05, 0) is 30.5 Å². The predicted molar refractivity (Wildman–Crippen MR) is 82.7 cm³/mol. The van der Waals surface area contributed by atoms with E-state index in [4.69, 9.17) is 9.16 Å². The van der Waals surface area contributed by atoms with Crippen LogP contribution in [0, 0.1) is 11.8 Å². The molecule has 20 heavy (non-hydrogen) atoms. The maximum Gasteiger partial charge on any atom is 0.337 e. The van der Waals surface area contributed by atoms with Gasteiger partial charge >= 0.3 is 5.97 Å². The third-order valence-electron chi connectivity index (χ3n) is 4.88. The first kappa shape index (κ1) is 15.4. The van der Waals surface area contributed by atoms with Crippen LogP contribution in [0.3, 0.4) is 0 Å². The minimum atomic E-state index is -1.92. The number of carbonyl (C=O) groups excluding carboxylic acids is 1. The van der Waals surface area contributed by atoms with Crippen LogP contribution < -0.4 is 0 Å². The summed E-state index contributed by atoms with van der Waals surface area (Å²) in [6, 6.07) is 0. The Hall–Kier alpha value is -1.03. The lowest BCUT2D eigenvalue weighted by atomic mass is 9.86. The molecule has 0 spiro atoms. The predicted octanol–water partition coefficient (Wildman–Crippen LogP) is 4.03. The molecule has 0 saturated carbocycles. The molecule has 112 valence electrons. The van der Waals surface area contributed by atoms with Crippen molar-refractivity contribution < 1.29 is 14.0 Å². The van der Waals surface area contributed by atoms with Crippen LogP contribution in [0.2, 0.25) is 18.1 Å². The molecule has 2 atom stereocenters. The van der Waals surface area contributed by atoms with Gasteiger partial charge in [0, 0.05) is 12.3 Å². The van der Waals surface area contributed by atoms with Crippen molar-refractivity contribution in [2.75, 3.05) is 7.11 Å². The molecule has 0 heterocycles. The molecule has 0 fully saturated rings. The van der Waals surface area contributed by atoms with Crippen molar-refractivity contribution in [1.82, 2.24) is 0 Å². The van der Waals surface area contributed by atoms with E-state index in [1.165, 1.54) is 7.11 Å². The van der Waals surface area contributed by atoms with Crippen LogP contribution in [0.1, 0.15) is 33.6 Å². The van der Waals surface area contributed by atoms with Crippen molar-refractivity contribution in [3.63, 3.8) is 0 Å². The average Bonchev–Trinajstić information content (AvgIpc) is 2.69. The van der Waals surface area contributed by atoms with Crippen LogP contribution in [0.15, 0.2) is 23.5 Å². The molecule has 2 aliphatic rings. The summed E-state index contributed by atoms with van der Waals surface area (Å²) >= 11 is 0. The van der Waals surface area contributed by atoms with Gasteiger partial charge in [0.2, 0.25) is 8.32 Å². The molecule has 3 nitrogen and oxygen atoms in total. The molecule has 0 aromatic rings. The van der Waals surface area contributed by atoms with Crippen LogP contribution in [-0.2, 0) is 14.0 Å². The molecule has 0 aromatic heterocycles. The van der Waals surface area contributed by atoms with Gasteiger partial charge in [0.25, 0.3) is 0 Å². The minimum Gasteiger partial charge on any atom is -0.546 e. The first-order chi connectivity index (χ1) is 9.15. The highest BCUT2D eigenvalue weighted by Crippen LogP contribution is 2.45. The molecular formula is C16H26O3Si. The normalized spacial score (nSPS) is 25.9. The standard InChI is InChI=1S/C16H26O3Si/c1-16(2,3)20(5,6)19-13-10-11-7-8-12(9-11)14(13)15(17)18-4/h7-8,11-12H,9-10H2,1-6H3/t11?,12-/m1/s1. The fourth-order valence-corrected chi connectivity index (χ4v) is 3.74. The summed E-state index contributed by atoms with van der Waals surface area (Å²) < 4.78 is 11.4. The second-order valence-corrected chi connectivity index (χ2v) is 12.1. The highest BCUT2D eigenvalue weighted by molar-refractivity contribution is 6.74. The maximum atomic E-state index is 12.1. The van der Waals surface area contributed by atoms with E-state index < -0.39 is 8.32 Å². The summed E-state index contributed by atoms with van der Waals surface area (Å²) in [6.45, 7) is 11.1. The number of allylic oxidation sites excluding steroid dienone is 3. The fraction of sp³-hybridized carbons (Fsp3) is 0.688. The van der Waals surface area contributed by atoms with E-state index in [1.54, 1.807) is 0 Å². The lowest BCUT2D eigenvalue weighted by Gasteiger charge is -2.39. The summed E-state index contributed by atoms with van der Waals surface area (Å²) in [7, 11) is -0.469. The van der Waals surface area contributed by atoms with Gasteiger partial charge in [-0.1, -0.05) is 32.9 Å². The van der Waals surface area contributed by atoms with E-state index in [0.717, 1.165) is 24.2 Å². The van der Waals surface area contributed by atoms with Crippen LogP contribution in [0.25, 0.3) is 0 Å². The van der Waals surface area contributed by atoms with Gasteiger partial charge in [0.15, 0.2) is 0 Å². The minimum absolute atomic E-state index is 0.130. The third kappa shape index (κ3) is 2.71. The molecule has 2 bridgehead atoms. The first-order valence-electron chi connectivity index (χ1n) is 7.34. The Balaban J connectivity index is 2.34. The zero-order valence-corrected chi connectivity index (χ0v) is 14.4. The van der Waals surface area contributed by atoms with Gasteiger partial charge < -0.3 is 9.16 Å². The van der Waals surface area contributed by atoms with E-state index in [0.29, 0.717) is 5.92 Å². The van der Waals surface area contributed by atoms with Crippen LogP contribution in [-0.4, -0.2) is 21.4 Å². The van der Waals surface area contributed by atoms with Crippen molar-refractivity contribution in [3.05, 3.63) is 23.5 Å². The Morgan fingerprint density at radius 1 is 1.30 bits per heavy atom. The molecule has 1 unspecified atom stereocenters. The Bertz CT molecular complexity index is 469. The van der Waals surface area contributed by atoms with Gasteiger partial charge in [-0.25, -0.2) is 4.79 Å². The third-order valence-corrected chi connectivity index (χ3v) is 9.25. The van der Waals surface area contributed by atoms with Crippen LogP contribution in [0.4, 0.5) is 0 Å². The second kappa shape index (κ2) is 5.06. The molecule has 0 aliphatic heterocycles. The van der Waals surface area contributed by atoms with Crippen molar-refractivity contribution in [2.24, 2.45) is 11.8 Å². The Labute approximate surface area is 123 Å². The molecule has 0 amide bonds. The molecule has 0 saturated heterocycles. The summed E-state index contributed by atoms with van der Waals surface area (Å²) in [6.07, 6.45) is 6.22. The smallest absolute Gasteiger partial charge is 0.337 e. The van der Waals surface area contributed by atoms with Gasteiger partial charge in [0.1, 0.15) is 0 Å². The maximum absolute atomic E-state index is 12.1. The zero-order chi connectivity index (χ0) is 15.1. The van der Waals surface area contributed by atoms with Gasteiger partial charge in [-0.2, -0.15) is 0 Å². The van der Waals surface area contributed by atoms with Gasteiger partial charge in [-0.15, -0.1) is 0 Å². The Morgan fingerprint density at radius 2 is 1.95 bits per heavy atom. The quantitative estimate of drug-likeness (QED) is 0.448. The molecule has 0 N–H and O–H groups in total. The highest BCUT2D eigenvalue weighted by atomic mass is 28.4. The number of carbonyl (C=O) groups is 1. The number of esters is 1. The number of fused-ring (bicyclic) bond motifs is 2. The lowest BCUT2D eigenvalue weighted by molar-refractivity contribution is -0.137. The fourth-order valence-electron chi connectivity index (χ4n) is 2.63. The summed E-state index contributed by atoms with van der Waals surface area (Å²) in [5, 5.41) is 0.130. The summed E-state index contributed by atoms with van der Waals surface area (Å²) in [5.41, 5.74) is 0.752. The number of methoxy groups -OCH3 is 1. The molecule has 2 rings (SSSR count). The van der Waals surface area contributed by atoms with E-state index >= 15 is 0 Å².